The SMILES string of the molecule is CCO[C@@H](CC(=O)O)c1ccc(O[C@@H]2CCc3c(C)cc(F)cc32)cc1. The Morgan fingerprint density at radius 2 is 2.04 bits per heavy atom. The van der Waals surface area contributed by atoms with Crippen molar-refractivity contribution in [2.75, 3.05) is 6.61 Å². The van der Waals surface area contributed by atoms with E-state index in [1.165, 1.54) is 5.56 Å². The number of carboxylic acids is 1. The summed E-state index contributed by atoms with van der Waals surface area (Å²) >= 11 is 0. The molecule has 0 amide bonds. The minimum absolute atomic E-state index is 0.0808. The van der Waals surface area contributed by atoms with Crippen LogP contribution in [0.1, 0.15) is 54.2 Å². The minimum Gasteiger partial charge on any atom is -0.486 e. The second kappa shape index (κ2) is 7.87. The molecule has 3 rings (SSSR count). The van der Waals surface area contributed by atoms with Crippen molar-refractivity contribution in [2.24, 2.45) is 0 Å². The van der Waals surface area contributed by atoms with Crippen LogP contribution < -0.4 is 4.74 Å². The molecule has 0 spiro atoms. The molecule has 26 heavy (non-hydrogen) atoms. The number of aliphatic carboxylic acids is 1. The first kappa shape index (κ1) is 18.4. The number of aryl methyl sites for hydroxylation is 1. The molecule has 1 N–H and O–H groups in total. The van der Waals surface area contributed by atoms with E-state index < -0.39 is 12.1 Å². The molecule has 0 bridgehead atoms. The van der Waals surface area contributed by atoms with Crippen molar-refractivity contribution in [3.8, 4) is 5.75 Å². The van der Waals surface area contributed by atoms with Crippen molar-refractivity contribution in [1.82, 2.24) is 0 Å². The van der Waals surface area contributed by atoms with Gasteiger partial charge in [-0.25, -0.2) is 4.39 Å². The van der Waals surface area contributed by atoms with Gasteiger partial charge in [-0.3, -0.25) is 4.79 Å². The van der Waals surface area contributed by atoms with E-state index in [4.69, 9.17) is 14.6 Å². The second-order valence-electron chi connectivity index (χ2n) is 6.55. The van der Waals surface area contributed by atoms with Crippen LogP contribution in [0.3, 0.4) is 0 Å². The summed E-state index contributed by atoms with van der Waals surface area (Å²) in [5.74, 6) is -0.455. The lowest BCUT2D eigenvalue weighted by atomic mass is 10.0. The highest BCUT2D eigenvalue weighted by atomic mass is 19.1. The number of benzene rings is 2. The average Bonchev–Trinajstić information content (AvgIpc) is 2.98. The molecule has 5 heteroatoms. The number of fused-ring (bicyclic) bond motifs is 1. The number of carboxylic acid groups (broad SMARTS) is 1. The van der Waals surface area contributed by atoms with E-state index >= 15 is 0 Å². The molecule has 0 fully saturated rings. The third-order valence-corrected chi connectivity index (χ3v) is 4.73. The van der Waals surface area contributed by atoms with Gasteiger partial charge in [-0.2, -0.15) is 0 Å². The van der Waals surface area contributed by atoms with E-state index in [1.807, 2.05) is 38.1 Å². The summed E-state index contributed by atoms with van der Waals surface area (Å²) in [5, 5.41) is 9.02. The van der Waals surface area contributed by atoms with Crippen LogP contribution in [-0.2, 0) is 16.0 Å². The van der Waals surface area contributed by atoms with Gasteiger partial charge in [0.05, 0.1) is 12.5 Å². The average molecular weight is 358 g/mol. The molecule has 1 aliphatic carbocycles. The van der Waals surface area contributed by atoms with Crippen LogP contribution in [0, 0.1) is 12.7 Å². The quantitative estimate of drug-likeness (QED) is 0.776. The second-order valence-corrected chi connectivity index (χ2v) is 6.55. The zero-order valence-electron chi connectivity index (χ0n) is 15.0. The van der Waals surface area contributed by atoms with E-state index in [2.05, 4.69) is 0 Å². The van der Waals surface area contributed by atoms with Crippen LogP contribution in [0.2, 0.25) is 0 Å². The zero-order valence-corrected chi connectivity index (χ0v) is 15.0. The van der Waals surface area contributed by atoms with Crippen LogP contribution in [0.4, 0.5) is 4.39 Å². The summed E-state index contributed by atoms with van der Waals surface area (Å²) in [4.78, 5) is 11.0. The van der Waals surface area contributed by atoms with Crippen molar-refractivity contribution in [1.29, 1.82) is 0 Å². The minimum atomic E-state index is -0.899. The van der Waals surface area contributed by atoms with E-state index in [1.54, 1.807) is 12.1 Å². The largest absolute Gasteiger partial charge is 0.486 e. The van der Waals surface area contributed by atoms with Gasteiger partial charge in [0.15, 0.2) is 0 Å². The van der Waals surface area contributed by atoms with E-state index in [0.29, 0.717) is 12.4 Å². The van der Waals surface area contributed by atoms with Crippen LogP contribution >= 0.6 is 0 Å². The fraction of sp³-hybridized carbons (Fsp3) is 0.381. The van der Waals surface area contributed by atoms with Crippen LogP contribution in [0.25, 0.3) is 0 Å². The third-order valence-electron chi connectivity index (χ3n) is 4.73. The van der Waals surface area contributed by atoms with Crippen molar-refractivity contribution < 1.29 is 23.8 Å². The lowest BCUT2D eigenvalue weighted by Crippen LogP contribution is -2.10. The molecular formula is C21H23FO4. The molecule has 0 heterocycles. The van der Waals surface area contributed by atoms with Gasteiger partial charge in [0.2, 0.25) is 0 Å². The molecule has 4 nitrogen and oxygen atoms in total. The van der Waals surface area contributed by atoms with Crippen LogP contribution in [0.5, 0.6) is 5.75 Å². The molecular weight excluding hydrogens is 335 g/mol. The van der Waals surface area contributed by atoms with Gasteiger partial charge in [0.1, 0.15) is 17.7 Å². The predicted octanol–water partition coefficient (Wildman–Crippen LogP) is 4.75. The maximum absolute atomic E-state index is 13.7. The van der Waals surface area contributed by atoms with Crippen molar-refractivity contribution in [2.45, 2.75) is 45.3 Å². The first-order valence-electron chi connectivity index (χ1n) is 8.87. The Hall–Kier alpha value is -2.40. The summed E-state index contributed by atoms with van der Waals surface area (Å²) < 4.78 is 25.3. The molecule has 2 aromatic carbocycles. The fourth-order valence-corrected chi connectivity index (χ4v) is 3.54. The Balaban J connectivity index is 1.74. The summed E-state index contributed by atoms with van der Waals surface area (Å²) in [6, 6.07) is 10.4. The van der Waals surface area contributed by atoms with Gasteiger partial charge < -0.3 is 14.6 Å². The van der Waals surface area contributed by atoms with Crippen molar-refractivity contribution in [3.05, 3.63) is 64.5 Å². The Bertz CT molecular complexity index is 785. The summed E-state index contributed by atoms with van der Waals surface area (Å²) in [6.45, 7) is 4.21. The number of ether oxygens (including phenoxy) is 2. The number of carbonyl (C=O) groups is 1. The Kier molecular flexibility index (Phi) is 5.57. The standard InChI is InChI=1S/C21H23FO4/c1-3-25-20(12-21(23)24)14-4-6-16(7-5-14)26-19-9-8-17-13(2)10-15(22)11-18(17)19/h4-7,10-11,19-20H,3,8-9,12H2,1-2H3,(H,23,24)/t19-,20+/m1/s1. The van der Waals surface area contributed by atoms with Gasteiger partial charge in [0, 0.05) is 6.61 Å². The van der Waals surface area contributed by atoms with Gasteiger partial charge >= 0.3 is 5.97 Å². The molecule has 1 aliphatic rings. The number of hydrogen-bond acceptors (Lipinski definition) is 3. The number of rotatable bonds is 7. The third kappa shape index (κ3) is 4.05. The van der Waals surface area contributed by atoms with Gasteiger partial charge in [-0.15, -0.1) is 0 Å². The fourth-order valence-electron chi connectivity index (χ4n) is 3.54. The zero-order chi connectivity index (χ0) is 18.7. The number of hydrogen-bond donors (Lipinski definition) is 1. The van der Waals surface area contributed by atoms with Crippen LogP contribution in [-0.4, -0.2) is 17.7 Å². The first-order valence-corrected chi connectivity index (χ1v) is 8.87. The highest BCUT2D eigenvalue weighted by Crippen LogP contribution is 2.37. The molecule has 0 unspecified atom stereocenters. The highest BCUT2D eigenvalue weighted by molar-refractivity contribution is 5.67. The summed E-state index contributed by atoms with van der Waals surface area (Å²) in [7, 11) is 0. The normalized spacial score (nSPS) is 17.0. The summed E-state index contributed by atoms with van der Waals surface area (Å²) in [6.07, 6.45) is 0.988. The molecule has 0 aromatic heterocycles. The predicted molar refractivity (Wildman–Crippen MR) is 95.9 cm³/mol. The molecule has 2 atom stereocenters. The van der Waals surface area contributed by atoms with Crippen molar-refractivity contribution in [3.63, 3.8) is 0 Å². The van der Waals surface area contributed by atoms with Crippen molar-refractivity contribution >= 4 is 5.97 Å². The lowest BCUT2D eigenvalue weighted by Gasteiger charge is -2.18. The monoisotopic (exact) mass is 358 g/mol. The Labute approximate surface area is 152 Å². The van der Waals surface area contributed by atoms with E-state index in [0.717, 1.165) is 29.5 Å². The molecule has 2 aromatic rings. The molecule has 0 radical (unpaired) electrons. The van der Waals surface area contributed by atoms with E-state index in [-0.39, 0.29) is 18.3 Å². The molecule has 0 saturated heterocycles. The lowest BCUT2D eigenvalue weighted by molar-refractivity contribution is -0.140. The van der Waals surface area contributed by atoms with Gasteiger partial charge in [-0.1, -0.05) is 12.1 Å². The Morgan fingerprint density at radius 3 is 2.69 bits per heavy atom. The van der Waals surface area contributed by atoms with E-state index in [9.17, 15) is 9.18 Å². The van der Waals surface area contributed by atoms with Gasteiger partial charge in [-0.05, 0) is 73.2 Å². The summed E-state index contributed by atoms with van der Waals surface area (Å²) in [5.41, 5.74) is 3.86. The Morgan fingerprint density at radius 1 is 1.31 bits per heavy atom. The van der Waals surface area contributed by atoms with Gasteiger partial charge in [0.25, 0.3) is 0 Å². The highest BCUT2D eigenvalue weighted by Gasteiger charge is 2.26. The maximum Gasteiger partial charge on any atom is 0.306 e. The topological polar surface area (TPSA) is 55.8 Å². The molecule has 0 aliphatic heterocycles. The maximum atomic E-state index is 13.7. The molecule has 0 saturated carbocycles. The molecule has 138 valence electrons. The van der Waals surface area contributed by atoms with Crippen LogP contribution in [0.15, 0.2) is 36.4 Å². The first-order chi connectivity index (χ1) is 12.5. The number of halogens is 1. The smallest absolute Gasteiger partial charge is 0.306 e.